The highest BCUT2D eigenvalue weighted by Crippen LogP contribution is 2.50. The topological polar surface area (TPSA) is 40.5 Å². The Morgan fingerprint density at radius 2 is 0.639 bits per heavy atom. The molecule has 0 radical (unpaired) electrons. The van der Waals surface area contributed by atoms with Gasteiger partial charge in [0.2, 0.25) is 0 Å². The summed E-state index contributed by atoms with van der Waals surface area (Å²) in [7, 11) is 0. The van der Waals surface area contributed by atoms with Gasteiger partial charge in [-0.25, -0.2) is 0 Å². The summed E-state index contributed by atoms with van der Waals surface area (Å²) >= 11 is 3.66. The zero-order valence-electron chi connectivity index (χ0n) is 24.9. The van der Waals surface area contributed by atoms with Crippen molar-refractivity contribution in [3.63, 3.8) is 0 Å². The van der Waals surface area contributed by atoms with Crippen molar-refractivity contribution in [1.29, 1.82) is 0 Å². The van der Waals surface area contributed by atoms with E-state index in [1.807, 2.05) is 23.5 Å². The molecule has 0 aliphatic heterocycles. The summed E-state index contributed by atoms with van der Waals surface area (Å²) in [5, 5.41) is 22.2. The molecule has 0 saturated carbocycles. The molecule has 0 heterocycles. The van der Waals surface area contributed by atoms with Crippen LogP contribution in [0.1, 0.15) is 119 Å². The summed E-state index contributed by atoms with van der Waals surface area (Å²) < 4.78 is -0.164. The molecule has 0 aromatic heterocycles. The molecule has 2 rings (SSSR count). The standard InChI is InChI=1S/C31H48O2S2.ClH/c1-27(2,3)21-15-19(16-22(25(21)32)28(4,5)6)34-31(13,14)35-20-17-23(29(7,8)9)26(33)24(18-20)30(10,11)12;/h15-18,32-33H,1-14H3;1H. The Bertz CT molecular complexity index is 920. The highest BCUT2D eigenvalue weighted by molar-refractivity contribution is 8.18. The van der Waals surface area contributed by atoms with Crippen molar-refractivity contribution in [3.8, 4) is 11.5 Å². The van der Waals surface area contributed by atoms with Crippen LogP contribution < -0.4 is 0 Å². The molecule has 204 valence electrons. The van der Waals surface area contributed by atoms with Crippen LogP contribution >= 0.6 is 35.9 Å². The van der Waals surface area contributed by atoms with Crippen LogP contribution in [0.25, 0.3) is 0 Å². The quantitative estimate of drug-likeness (QED) is 0.292. The second kappa shape index (κ2) is 10.7. The predicted octanol–water partition coefficient (Wildman–Crippen LogP) is 10.3. The smallest absolute Gasteiger partial charge is 0.123 e. The van der Waals surface area contributed by atoms with E-state index >= 15 is 0 Å². The number of rotatable bonds is 4. The van der Waals surface area contributed by atoms with Crippen molar-refractivity contribution < 1.29 is 10.2 Å². The lowest BCUT2D eigenvalue weighted by molar-refractivity contribution is 0.421. The minimum atomic E-state index is -0.164. The normalized spacial score (nSPS) is 13.5. The van der Waals surface area contributed by atoms with Crippen molar-refractivity contribution in [1.82, 2.24) is 0 Å². The molecular weight excluding hydrogens is 504 g/mol. The van der Waals surface area contributed by atoms with Gasteiger partial charge in [0.05, 0.1) is 4.08 Å². The zero-order valence-corrected chi connectivity index (χ0v) is 27.4. The molecular formula is C31H49ClO2S2. The summed E-state index contributed by atoms with van der Waals surface area (Å²) in [6, 6.07) is 8.65. The van der Waals surface area contributed by atoms with E-state index < -0.39 is 0 Å². The minimum absolute atomic E-state index is 0. The first-order valence-corrected chi connectivity index (χ1v) is 14.2. The van der Waals surface area contributed by atoms with Gasteiger partial charge in [-0.2, -0.15) is 0 Å². The number of phenolic OH excluding ortho intramolecular Hbond substituents is 2. The lowest BCUT2D eigenvalue weighted by Gasteiger charge is -2.31. The maximum atomic E-state index is 11.1. The monoisotopic (exact) mass is 552 g/mol. The third kappa shape index (κ3) is 8.01. The Balaban J connectivity index is 0.00000648. The van der Waals surface area contributed by atoms with E-state index in [1.165, 1.54) is 9.79 Å². The zero-order chi connectivity index (χ0) is 27.4. The van der Waals surface area contributed by atoms with E-state index in [9.17, 15) is 10.2 Å². The van der Waals surface area contributed by atoms with E-state index in [1.54, 1.807) is 0 Å². The fourth-order valence-corrected chi connectivity index (χ4v) is 6.80. The molecule has 2 aromatic rings. The van der Waals surface area contributed by atoms with Crippen LogP contribution in [0.4, 0.5) is 0 Å². The molecule has 2 nitrogen and oxygen atoms in total. The largest absolute Gasteiger partial charge is 0.507 e. The SMILES string of the molecule is CC(C)(Sc1cc(C(C)(C)C)c(O)c(C(C)(C)C)c1)Sc1cc(C(C)(C)C)c(O)c(C(C)(C)C)c1.Cl. The summed E-state index contributed by atoms with van der Waals surface area (Å²) in [5.41, 5.74) is 3.34. The van der Waals surface area contributed by atoms with Crippen molar-refractivity contribution in [3.05, 3.63) is 46.5 Å². The van der Waals surface area contributed by atoms with Crippen LogP contribution in [0.5, 0.6) is 11.5 Å². The number of phenols is 2. The van der Waals surface area contributed by atoms with Crippen molar-refractivity contribution in [2.45, 2.75) is 132 Å². The Morgan fingerprint density at radius 3 is 0.806 bits per heavy atom. The number of benzene rings is 2. The molecule has 0 bridgehead atoms. The molecule has 0 saturated heterocycles. The van der Waals surface area contributed by atoms with Gasteiger partial charge in [0.15, 0.2) is 0 Å². The summed E-state index contributed by atoms with van der Waals surface area (Å²) in [6.07, 6.45) is 0. The van der Waals surface area contributed by atoms with Gasteiger partial charge < -0.3 is 10.2 Å². The van der Waals surface area contributed by atoms with Crippen molar-refractivity contribution in [2.24, 2.45) is 0 Å². The maximum Gasteiger partial charge on any atom is 0.123 e. The average Bonchev–Trinajstić information content (AvgIpc) is 2.60. The second-order valence-corrected chi connectivity index (χ2v) is 18.0. The first-order chi connectivity index (χ1) is 15.4. The summed E-state index contributed by atoms with van der Waals surface area (Å²) in [6.45, 7) is 30.4. The summed E-state index contributed by atoms with van der Waals surface area (Å²) in [4.78, 5) is 2.34. The number of thioether (sulfide) groups is 2. The van der Waals surface area contributed by atoms with E-state index in [4.69, 9.17) is 0 Å². The maximum absolute atomic E-state index is 11.1. The number of halogens is 1. The second-order valence-electron chi connectivity index (χ2n) is 14.3. The first-order valence-electron chi connectivity index (χ1n) is 12.6. The molecule has 2 N–H and O–H groups in total. The predicted molar refractivity (Wildman–Crippen MR) is 164 cm³/mol. The van der Waals surface area contributed by atoms with E-state index in [-0.39, 0.29) is 38.1 Å². The van der Waals surface area contributed by atoms with Gasteiger partial charge in [0.25, 0.3) is 0 Å². The van der Waals surface area contributed by atoms with Crippen LogP contribution in [-0.2, 0) is 21.7 Å². The Kier molecular flexibility index (Phi) is 9.78. The Labute approximate surface area is 235 Å². The fraction of sp³-hybridized carbons (Fsp3) is 0.613. The van der Waals surface area contributed by atoms with Gasteiger partial charge >= 0.3 is 0 Å². The molecule has 0 aliphatic carbocycles. The first kappa shape index (κ1) is 33.1. The van der Waals surface area contributed by atoms with Crippen molar-refractivity contribution in [2.75, 3.05) is 0 Å². The van der Waals surface area contributed by atoms with Gasteiger partial charge in [-0.3, -0.25) is 0 Å². The average molecular weight is 553 g/mol. The molecule has 0 amide bonds. The van der Waals surface area contributed by atoms with Crippen LogP contribution in [0.15, 0.2) is 34.1 Å². The van der Waals surface area contributed by atoms with Gasteiger partial charge in [-0.05, 0) is 59.8 Å². The molecule has 2 aromatic carbocycles. The van der Waals surface area contributed by atoms with Crippen LogP contribution in [0.3, 0.4) is 0 Å². The van der Waals surface area contributed by atoms with Gasteiger partial charge in [0.1, 0.15) is 11.5 Å². The van der Waals surface area contributed by atoms with Crippen LogP contribution in [-0.4, -0.2) is 14.3 Å². The minimum Gasteiger partial charge on any atom is -0.507 e. The molecule has 0 spiro atoms. The van der Waals surface area contributed by atoms with Gasteiger partial charge in [0, 0.05) is 32.0 Å². The van der Waals surface area contributed by atoms with E-state index in [2.05, 4.69) is 121 Å². The molecule has 5 heteroatoms. The number of aromatic hydroxyl groups is 2. The molecule has 36 heavy (non-hydrogen) atoms. The third-order valence-corrected chi connectivity index (χ3v) is 8.55. The van der Waals surface area contributed by atoms with Crippen LogP contribution in [0.2, 0.25) is 0 Å². The lowest BCUT2D eigenvalue weighted by atomic mass is 9.79. The third-order valence-electron chi connectivity index (χ3n) is 6.13. The van der Waals surface area contributed by atoms with Gasteiger partial charge in [-0.1, -0.05) is 83.1 Å². The highest BCUT2D eigenvalue weighted by Gasteiger charge is 2.31. The van der Waals surface area contributed by atoms with E-state index in [0.717, 1.165) is 22.3 Å². The highest BCUT2D eigenvalue weighted by atomic mass is 35.5. The summed E-state index contributed by atoms with van der Waals surface area (Å²) in [5.74, 6) is 0.839. The number of hydrogen-bond donors (Lipinski definition) is 2. The van der Waals surface area contributed by atoms with E-state index in [0.29, 0.717) is 11.5 Å². The fourth-order valence-electron chi connectivity index (χ4n) is 4.21. The number of hydrogen-bond acceptors (Lipinski definition) is 4. The van der Waals surface area contributed by atoms with Crippen molar-refractivity contribution >= 4 is 35.9 Å². The molecule has 0 fully saturated rings. The molecule has 0 atom stereocenters. The van der Waals surface area contributed by atoms with Crippen LogP contribution in [0, 0.1) is 0 Å². The van der Waals surface area contributed by atoms with Gasteiger partial charge in [-0.15, -0.1) is 35.9 Å². The Hall–Kier alpha value is -0.970. The Morgan fingerprint density at radius 1 is 0.444 bits per heavy atom. The lowest BCUT2D eigenvalue weighted by Crippen LogP contribution is -2.19. The molecule has 0 aliphatic rings. The molecule has 0 unspecified atom stereocenters.